The van der Waals surface area contributed by atoms with Crippen molar-refractivity contribution in [2.45, 2.75) is 13.8 Å². The second-order valence-electron chi connectivity index (χ2n) is 11.2. The molecule has 0 saturated heterocycles. The van der Waals surface area contributed by atoms with Crippen LogP contribution in [0.15, 0.2) is 175 Å². The smallest absolute Gasteiger partial charge is 0.196 e. The standard InChI is InChI=1S/C38H32N10/c1-25-11-19-29(20-12-25)41-37(35-43-31-7-3-4-8-32(31)44-35)47-39-23-27-15-17-28(18-16-27)24-40-48-38(42-30-21-13-26(2)14-22-30)36-45-33-9-5-6-10-34(33)46-36/h3-24,41-42,47-48H,1-2H3. The summed E-state index contributed by atoms with van der Waals surface area (Å²) in [7, 11) is 0. The number of aryl methyl sites for hydroxylation is 2. The lowest BCUT2D eigenvalue weighted by Crippen LogP contribution is -2.19. The second-order valence-corrected chi connectivity index (χ2v) is 11.2. The average Bonchev–Trinajstić information content (AvgIpc) is 3.75. The summed E-state index contributed by atoms with van der Waals surface area (Å²) in [5.74, 6) is 2.21. The molecule has 0 unspecified atom stereocenters. The summed E-state index contributed by atoms with van der Waals surface area (Å²) in [5.41, 5.74) is 12.2. The molecule has 2 aliphatic heterocycles. The van der Waals surface area contributed by atoms with E-state index in [9.17, 15) is 0 Å². The van der Waals surface area contributed by atoms with Crippen LogP contribution in [-0.4, -0.2) is 12.4 Å². The minimum absolute atomic E-state index is 0.529. The first-order valence-corrected chi connectivity index (χ1v) is 15.4. The second kappa shape index (κ2) is 13.8. The first-order chi connectivity index (χ1) is 23.6. The van der Waals surface area contributed by atoms with E-state index in [1.807, 2.05) is 121 Å². The number of benzene rings is 5. The lowest BCUT2D eigenvalue weighted by Gasteiger charge is -2.11. The van der Waals surface area contributed by atoms with Crippen molar-refractivity contribution in [2.24, 2.45) is 30.2 Å². The van der Waals surface area contributed by atoms with Gasteiger partial charge in [0.05, 0.1) is 33.9 Å². The predicted molar refractivity (Wildman–Crippen MR) is 189 cm³/mol. The van der Waals surface area contributed by atoms with E-state index in [1.54, 1.807) is 12.4 Å². The fraction of sp³-hybridized carbons (Fsp3) is 0.0526. The SMILES string of the molecule is Cc1ccc(NC(NN=Cc2ccc(C=NNC(Nc3ccc(C)cc3)=C3N=c4ccccc4=N3)cc2)=C2N=c3ccccc3=N2)cc1. The highest BCUT2D eigenvalue weighted by Crippen LogP contribution is 2.16. The lowest BCUT2D eigenvalue weighted by atomic mass is 10.2. The number of hydrogen-bond acceptors (Lipinski definition) is 10. The van der Waals surface area contributed by atoms with Gasteiger partial charge in [0, 0.05) is 11.4 Å². The summed E-state index contributed by atoms with van der Waals surface area (Å²) in [6, 6.07) is 39.6. The zero-order chi connectivity index (χ0) is 32.7. The largest absolute Gasteiger partial charge is 0.337 e. The topological polar surface area (TPSA) is 122 Å². The van der Waals surface area contributed by atoms with Crippen molar-refractivity contribution < 1.29 is 0 Å². The van der Waals surface area contributed by atoms with Gasteiger partial charge in [0.25, 0.3) is 0 Å². The van der Waals surface area contributed by atoms with E-state index in [2.05, 4.69) is 65.5 Å². The number of nitrogens with zero attached hydrogens (tertiary/aromatic N) is 6. The first kappa shape index (κ1) is 30.0. The zero-order valence-corrected chi connectivity index (χ0v) is 26.4. The third kappa shape index (κ3) is 7.24. The van der Waals surface area contributed by atoms with Gasteiger partial charge in [0.1, 0.15) is 0 Å². The number of hydrogen-bond donors (Lipinski definition) is 4. The van der Waals surface area contributed by atoms with Gasteiger partial charge in [-0.05, 0) is 73.5 Å². The van der Waals surface area contributed by atoms with Crippen LogP contribution in [-0.2, 0) is 0 Å². The molecule has 0 saturated carbocycles. The van der Waals surface area contributed by atoms with Gasteiger partial charge >= 0.3 is 0 Å². The Morgan fingerprint density at radius 3 is 1.12 bits per heavy atom. The van der Waals surface area contributed by atoms with Crippen molar-refractivity contribution in [3.63, 3.8) is 0 Å². The number of fused-ring (bicyclic) bond motifs is 2. The maximum atomic E-state index is 4.68. The lowest BCUT2D eigenvalue weighted by molar-refractivity contribution is 0.867. The minimum Gasteiger partial charge on any atom is -0.337 e. The Balaban J connectivity index is 1.05. The molecule has 2 aliphatic rings. The van der Waals surface area contributed by atoms with Crippen LogP contribution in [0.2, 0.25) is 0 Å². The molecule has 0 aromatic heterocycles. The van der Waals surface area contributed by atoms with Gasteiger partial charge < -0.3 is 10.6 Å². The van der Waals surface area contributed by atoms with Crippen LogP contribution in [0.4, 0.5) is 11.4 Å². The number of hydrazone groups is 2. The normalized spacial score (nSPS) is 12.8. The Morgan fingerprint density at radius 2 is 0.792 bits per heavy atom. The molecule has 0 atom stereocenters. The molecule has 0 aliphatic carbocycles. The molecule has 0 fully saturated rings. The summed E-state index contributed by atoms with van der Waals surface area (Å²) in [6.07, 6.45) is 3.49. The molecule has 10 heteroatoms. The molecule has 0 spiro atoms. The van der Waals surface area contributed by atoms with Crippen molar-refractivity contribution in [3.05, 3.63) is 188 Å². The van der Waals surface area contributed by atoms with E-state index in [-0.39, 0.29) is 0 Å². The number of nitrogens with one attached hydrogen (secondary N) is 4. The van der Waals surface area contributed by atoms with E-state index in [0.29, 0.717) is 23.3 Å². The summed E-state index contributed by atoms with van der Waals surface area (Å²) in [6.45, 7) is 4.11. The summed E-state index contributed by atoms with van der Waals surface area (Å²) >= 11 is 0. The fourth-order valence-corrected chi connectivity index (χ4v) is 4.88. The predicted octanol–water partition coefficient (Wildman–Crippen LogP) is 4.53. The fourth-order valence-electron chi connectivity index (χ4n) is 4.88. The number of anilines is 2. The Labute approximate surface area is 277 Å². The van der Waals surface area contributed by atoms with Crippen molar-refractivity contribution >= 4 is 23.8 Å². The van der Waals surface area contributed by atoms with Gasteiger partial charge in [-0.2, -0.15) is 10.2 Å². The van der Waals surface area contributed by atoms with Gasteiger partial charge in [-0.15, -0.1) is 0 Å². The quantitative estimate of drug-likeness (QED) is 0.134. The van der Waals surface area contributed by atoms with Gasteiger partial charge in [0.15, 0.2) is 23.3 Å². The van der Waals surface area contributed by atoms with Crippen molar-refractivity contribution in [1.29, 1.82) is 0 Å². The van der Waals surface area contributed by atoms with Gasteiger partial charge in [-0.1, -0.05) is 83.9 Å². The Bertz CT molecular complexity index is 2100. The van der Waals surface area contributed by atoms with Crippen molar-refractivity contribution in [2.75, 3.05) is 10.6 Å². The maximum Gasteiger partial charge on any atom is 0.196 e. The molecule has 234 valence electrons. The van der Waals surface area contributed by atoms with E-state index in [1.165, 1.54) is 11.1 Å². The van der Waals surface area contributed by atoms with E-state index in [0.717, 1.165) is 43.9 Å². The summed E-state index contributed by atoms with van der Waals surface area (Å²) < 4.78 is 0. The monoisotopic (exact) mass is 628 g/mol. The van der Waals surface area contributed by atoms with Crippen LogP contribution in [0, 0.1) is 13.8 Å². The Hall–Kier alpha value is -6.68. The van der Waals surface area contributed by atoms with Crippen LogP contribution in [0.3, 0.4) is 0 Å². The minimum atomic E-state index is 0.529. The van der Waals surface area contributed by atoms with Gasteiger partial charge in [-0.3, -0.25) is 10.9 Å². The molecule has 0 radical (unpaired) electrons. The van der Waals surface area contributed by atoms with E-state index >= 15 is 0 Å². The molecule has 7 rings (SSSR count). The van der Waals surface area contributed by atoms with Crippen LogP contribution in [0.25, 0.3) is 0 Å². The highest BCUT2D eigenvalue weighted by molar-refractivity contribution is 5.84. The van der Waals surface area contributed by atoms with Crippen LogP contribution >= 0.6 is 0 Å². The van der Waals surface area contributed by atoms with Gasteiger partial charge in [-0.25, -0.2) is 20.0 Å². The zero-order valence-electron chi connectivity index (χ0n) is 26.4. The maximum absolute atomic E-state index is 4.68. The average molecular weight is 629 g/mol. The number of para-hydroxylation sites is 4. The molecule has 10 nitrogen and oxygen atoms in total. The molecule has 48 heavy (non-hydrogen) atoms. The number of rotatable bonds is 10. The highest BCUT2D eigenvalue weighted by atomic mass is 15.4. The molecule has 5 aromatic carbocycles. The molecule has 2 heterocycles. The van der Waals surface area contributed by atoms with Crippen molar-refractivity contribution in [3.8, 4) is 0 Å². The summed E-state index contributed by atoms with van der Waals surface area (Å²) in [5, 5.41) is 19.0. The Morgan fingerprint density at radius 1 is 0.458 bits per heavy atom. The van der Waals surface area contributed by atoms with Crippen molar-refractivity contribution in [1.82, 2.24) is 10.9 Å². The summed E-state index contributed by atoms with van der Waals surface area (Å²) in [4.78, 5) is 18.7. The Kier molecular flexibility index (Phi) is 8.60. The third-order valence-corrected chi connectivity index (χ3v) is 7.47. The van der Waals surface area contributed by atoms with Crippen LogP contribution in [0.5, 0.6) is 0 Å². The highest BCUT2D eigenvalue weighted by Gasteiger charge is 2.11. The molecule has 0 amide bonds. The third-order valence-electron chi connectivity index (χ3n) is 7.47. The van der Waals surface area contributed by atoms with E-state index in [4.69, 9.17) is 0 Å². The van der Waals surface area contributed by atoms with Crippen LogP contribution < -0.4 is 42.9 Å². The molecular formula is C38H32N10. The van der Waals surface area contributed by atoms with Crippen LogP contribution in [0.1, 0.15) is 22.3 Å². The van der Waals surface area contributed by atoms with E-state index < -0.39 is 0 Å². The molecular weight excluding hydrogens is 596 g/mol. The first-order valence-electron chi connectivity index (χ1n) is 15.4. The molecule has 5 aromatic rings. The molecule has 4 N–H and O–H groups in total. The van der Waals surface area contributed by atoms with Gasteiger partial charge in [0.2, 0.25) is 0 Å². The molecule has 0 bridgehead atoms.